The summed E-state index contributed by atoms with van der Waals surface area (Å²) in [6.45, 7) is 6.48. The van der Waals surface area contributed by atoms with E-state index in [1.54, 1.807) is 17.4 Å². The number of hydrogen-bond donors (Lipinski definition) is 1. The highest BCUT2D eigenvalue weighted by molar-refractivity contribution is 7.09. The van der Waals surface area contributed by atoms with Crippen molar-refractivity contribution in [3.63, 3.8) is 0 Å². The number of para-hydroxylation sites is 1. The summed E-state index contributed by atoms with van der Waals surface area (Å²) in [5.74, 6) is -0.137. The van der Waals surface area contributed by atoms with Crippen molar-refractivity contribution in [3.05, 3.63) is 69.4 Å². The number of amides is 1. The molecule has 0 atom stereocenters. The van der Waals surface area contributed by atoms with E-state index in [2.05, 4.69) is 22.3 Å². The molecule has 0 unspecified atom stereocenters. The predicted molar refractivity (Wildman–Crippen MR) is 105 cm³/mol. The summed E-state index contributed by atoms with van der Waals surface area (Å²) in [6.07, 6.45) is 4.30. The molecule has 2 aromatic heterocycles. The highest BCUT2D eigenvalue weighted by Gasteiger charge is 2.10. The highest BCUT2D eigenvalue weighted by atomic mass is 32.1. The zero-order valence-electron chi connectivity index (χ0n) is 15.2. The van der Waals surface area contributed by atoms with Crippen LogP contribution in [-0.2, 0) is 17.8 Å². The van der Waals surface area contributed by atoms with Crippen LogP contribution in [0.15, 0.2) is 41.8 Å². The lowest BCUT2D eigenvalue weighted by Gasteiger charge is -2.03. The Morgan fingerprint density at radius 1 is 1.27 bits per heavy atom. The van der Waals surface area contributed by atoms with Crippen molar-refractivity contribution in [2.45, 2.75) is 33.7 Å². The summed E-state index contributed by atoms with van der Waals surface area (Å²) in [7, 11) is 0. The summed E-state index contributed by atoms with van der Waals surface area (Å²) >= 11 is 1.62. The van der Waals surface area contributed by atoms with Gasteiger partial charge in [-0.25, -0.2) is 9.67 Å². The first-order chi connectivity index (χ1) is 12.6. The lowest BCUT2D eigenvalue weighted by molar-refractivity contribution is -0.116. The summed E-state index contributed by atoms with van der Waals surface area (Å²) in [4.78, 5) is 16.6. The Balaban J connectivity index is 1.68. The minimum atomic E-state index is -0.137. The molecule has 6 heteroatoms. The van der Waals surface area contributed by atoms with Crippen molar-refractivity contribution < 1.29 is 4.79 Å². The number of aromatic nitrogens is 3. The fourth-order valence-corrected chi connectivity index (χ4v) is 3.45. The minimum Gasteiger partial charge on any atom is -0.347 e. The molecule has 0 saturated carbocycles. The first-order valence-electron chi connectivity index (χ1n) is 8.59. The number of aryl methyl sites for hydroxylation is 2. The third-order valence-electron chi connectivity index (χ3n) is 4.09. The van der Waals surface area contributed by atoms with Crippen LogP contribution in [0, 0.1) is 13.8 Å². The average Bonchev–Trinajstić information content (AvgIpc) is 3.23. The molecule has 1 aromatic carbocycles. The average molecular weight is 366 g/mol. The second-order valence-electron chi connectivity index (χ2n) is 5.97. The van der Waals surface area contributed by atoms with Gasteiger partial charge in [-0.15, -0.1) is 11.3 Å². The maximum atomic E-state index is 12.1. The van der Waals surface area contributed by atoms with Crippen molar-refractivity contribution >= 4 is 23.3 Å². The number of thiazole rings is 1. The van der Waals surface area contributed by atoms with E-state index in [0.29, 0.717) is 6.54 Å². The van der Waals surface area contributed by atoms with Gasteiger partial charge in [-0.3, -0.25) is 4.79 Å². The van der Waals surface area contributed by atoms with Gasteiger partial charge in [0.1, 0.15) is 0 Å². The first-order valence-corrected chi connectivity index (χ1v) is 9.47. The number of nitrogens with one attached hydrogen (secondary N) is 1. The van der Waals surface area contributed by atoms with Gasteiger partial charge >= 0.3 is 0 Å². The quantitative estimate of drug-likeness (QED) is 0.674. The van der Waals surface area contributed by atoms with E-state index in [9.17, 15) is 4.79 Å². The molecule has 0 bridgehead atoms. The van der Waals surface area contributed by atoms with Crippen LogP contribution >= 0.6 is 11.3 Å². The molecule has 1 N–H and O–H groups in total. The Labute approximate surface area is 157 Å². The number of rotatable bonds is 6. The van der Waals surface area contributed by atoms with Crippen LogP contribution in [0.5, 0.6) is 0 Å². The largest absolute Gasteiger partial charge is 0.347 e. The molecule has 0 aliphatic carbocycles. The second kappa shape index (κ2) is 8.10. The lowest BCUT2D eigenvalue weighted by Crippen LogP contribution is -2.20. The van der Waals surface area contributed by atoms with E-state index in [-0.39, 0.29) is 5.91 Å². The fraction of sp³-hybridized carbons (Fsp3) is 0.250. The monoisotopic (exact) mass is 366 g/mol. The molecule has 0 saturated heterocycles. The second-order valence-corrected chi connectivity index (χ2v) is 6.91. The first kappa shape index (κ1) is 18.1. The summed E-state index contributed by atoms with van der Waals surface area (Å²) < 4.78 is 1.90. The van der Waals surface area contributed by atoms with E-state index >= 15 is 0 Å². The SMILES string of the molecule is CCc1nc(CNC(=O)C=Cc2c(C)nn(-c3ccccc3)c2C)cs1. The van der Waals surface area contributed by atoms with Crippen LogP contribution in [0.4, 0.5) is 0 Å². The Hall–Kier alpha value is -2.73. The van der Waals surface area contributed by atoms with Gasteiger partial charge < -0.3 is 5.32 Å². The van der Waals surface area contributed by atoms with E-state index < -0.39 is 0 Å². The van der Waals surface area contributed by atoms with Gasteiger partial charge in [0.15, 0.2) is 0 Å². The van der Waals surface area contributed by atoms with Gasteiger partial charge in [0.05, 0.1) is 28.6 Å². The Morgan fingerprint density at radius 3 is 2.73 bits per heavy atom. The molecule has 134 valence electrons. The maximum Gasteiger partial charge on any atom is 0.244 e. The van der Waals surface area contributed by atoms with Gasteiger partial charge in [0, 0.05) is 22.7 Å². The van der Waals surface area contributed by atoms with Gasteiger partial charge in [-0.1, -0.05) is 25.1 Å². The number of carbonyl (C=O) groups excluding carboxylic acids is 1. The smallest absolute Gasteiger partial charge is 0.244 e. The number of nitrogens with zero attached hydrogens (tertiary/aromatic N) is 3. The Kier molecular flexibility index (Phi) is 5.63. The van der Waals surface area contributed by atoms with Crippen molar-refractivity contribution in [2.24, 2.45) is 0 Å². The molecular weight excluding hydrogens is 344 g/mol. The lowest BCUT2D eigenvalue weighted by atomic mass is 10.2. The molecule has 0 aliphatic rings. The molecule has 3 aromatic rings. The molecular formula is C20H22N4OS. The fourth-order valence-electron chi connectivity index (χ4n) is 2.70. The normalized spacial score (nSPS) is 11.2. The van der Waals surface area contributed by atoms with Crippen LogP contribution in [0.2, 0.25) is 0 Å². The van der Waals surface area contributed by atoms with Crippen LogP contribution in [0.3, 0.4) is 0 Å². The van der Waals surface area contributed by atoms with Crippen LogP contribution < -0.4 is 5.32 Å². The van der Waals surface area contributed by atoms with Crippen molar-refractivity contribution in [1.82, 2.24) is 20.1 Å². The van der Waals surface area contributed by atoms with Crippen LogP contribution in [0.25, 0.3) is 11.8 Å². The topological polar surface area (TPSA) is 59.8 Å². The van der Waals surface area contributed by atoms with Gasteiger partial charge in [-0.2, -0.15) is 5.10 Å². The zero-order valence-corrected chi connectivity index (χ0v) is 16.0. The Morgan fingerprint density at radius 2 is 2.04 bits per heavy atom. The summed E-state index contributed by atoms with van der Waals surface area (Å²) in [5.41, 5.74) is 4.77. The molecule has 0 fully saturated rings. The molecule has 5 nitrogen and oxygen atoms in total. The number of benzene rings is 1. The van der Waals surface area contributed by atoms with Crippen molar-refractivity contribution in [3.8, 4) is 5.69 Å². The van der Waals surface area contributed by atoms with Crippen molar-refractivity contribution in [1.29, 1.82) is 0 Å². The zero-order chi connectivity index (χ0) is 18.5. The van der Waals surface area contributed by atoms with E-state index in [0.717, 1.165) is 39.8 Å². The minimum absolute atomic E-state index is 0.137. The Bertz CT molecular complexity index is 925. The van der Waals surface area contributed by atoms with Crippen LogP contribution in [-0.4, -0.2) is 20.7 Å². The highest BCUT2D eigenvalue weighted by Crippen LogP contribution is 2.19. The number of carbonyl (C=O) groups is 1. The van der Waals surface area contributed by atoms with Crippen LogP contribution in [0.1, 0.15) is 34.6 Å². The van der Waals surface area contributed by atoms with E-state index in [1.165, 1.54) is 0 Å². The molecule has 0 spiro atoms. The molecule has 3 rings (SSSR count). The van der Waals surface area contributed by atoms with Gasteiger partial charge in [0.25, 0.3) is 0 Å². The van der Waals surface area contributed by atoms with Gasteiger partial charge in [-0.05, 0) is 38.5 Å². The van der Waals surface area contributed by atoms with E-state index in [1.807, 2.05) is 60.3 Å². The van der Waals surface area contributed by atoms with Crippen molar-refractivity contribution in [2.75, 3.05) is 0 Å². The molecule has 2 heterocycles. The standard InChI is InChI=1S/C20H22N4OS/c1-4-20-22-16(13-26-20)12-21-19(25)11-10-18-14(2)23-24(15(18)3)17-8-6-5-7-9-17/h5-11,13H,4,12H2,1-3H3,(H,21,25). The molecule has 26 heavy (non-hydrogen) atoms. The third kappa shape index (κ3) is 4.08. The summed E-state index contributed by atoms with van der Waals surface area (Å²) in [5, 5.41) is 10.5. The molecule has 1 amide bonds. The number of hydrogen-bond acceptors (Lipinski definition) is 4. The third-order valence-corrected chi connectivity index (χ3v) is 5.14. The maximum absolute atomic E-state index is 12.1. The molecule has 0 aliphatic heterocycles. The van der Waals surface area contributed by atoms with Gasteiger partial charge in [0.2, 0.25) is 5.91 Å². The van der Waals surface area contributed by atoms with E-state index in [4.69, 9.17) is 0 Å². The predicted octanol–water partition coefficient (Wildman–Crippen LogP) is 3.84. The molecule has 0 radical (unpaired) electrons. The summed E-state index contributed by atoms with van der Waals surface area (Å²) in [6, 6.07) is 9.97.